The molecular formula is C20H26Cl2N2O7. The maximum atomic E-state index is 11.6. The van der Waals surface area contributed by atoms with Crippen LogP contribution < -0.4 is 0 Å². The molecule has 9 nitrogen and oxygen atoms in total. The highest BCUT2D eigenvalue weighted by Crippen LogP contribution is 1.99. The highest BCUT2D eigenvalue weighted by molar-refractivity contribution is 5.89. The molecule has 0 aliphatic heterocycles. The van der Waals surface area contributed by atoms with Gasteiger partial charge >= 0.3 is 11.9 Å². The molecule has 2 rings (SSSR count). The maximum Gasteiger partial charge on any atom is 0.339 e. The van der Waals surface area contributed by atoms with Gasteiger partial charge < -0.3 is 23.7 Å². The van der Waals surface area contributed by atoms with Crippen LogP contribution in [0.15, 0.2) is 49.1 Å². The van der Waals surface area contributed by atoms with E-state index < -0.39 is 11.9 Å². The molecule has 2 aromatic rings. The molecule has 2 heterocycles. The summed E-state index contributed by atoms with van der Waals surface area (Å²) in [6.45, 7) is 2.46. The van der Waals surface area contributed by atoms with E-state index in [1.165, 1.54) is 12.4 Å². The van der Waals surface area contributed by atoms with Crippen LogP contribution in [0.5, 0.6) is 0 Å². The molecule has 0 bridgehead atoms. The Morgan fingerprint density at radius 2 is 0.968 bits per heavy atom. The summed E-state index contributed by atoms with van der Waals surface area (Å²) in [5.41, 5.74) is 0.811. The zero-order chi connectivity index (χ0) is 20.6. The number of carbonyl (C=O) groups is 2. The van der Waals surface area contributed by atoms with E-state index in [-0.39, 0.29) is 51.2 Å². The van der Waals surface area contributed by atoms with Crippen molar-refractivity contribution in [2.45, 2.75) is 0 Å². The van der Waals surface area contributed by atoms with Crippen LogP contribution >= 0.6 is 24.8 Å². The number of pyridine rings is 2. The zero-order valence-electron chi connectivity index (χ0n) is 16.8. The van der Waals surface area contributed by atoms with Gasteiger partial charge in [0.1, 0.15) is 13.2 Å². The summed E-state index contributed by atoms with van der Waals surface area (Å²) in [6, 6.07) is 6.61. The normalized spacial score (nSPS) is 9.81. The highest BCUT2D eigenvalue weighted by Gasteiger charge is 2.06. The van der Waals surface area contributed by atoms with Crippen LogP contribution in [-0.2, 0) is 23.7 Å². The fourth-order valence-corrected chi connectivity index (χ4v) is 2.06. The number of halogens is 2. The van der Waals surface area contributed by atoms with Crippen molar-refractivity contribution in [1.29, 1.82) is 0 Å². The summed E-state index contributed by atoms with van der Waals surface area (Å²) in [4.78, 5) is 31.0. The molecule has 0 saturated heterocycles. The Morgan fingerprint density at radius 1 is 0.613 bits per heavy atom. The average molecular weight is 477 g/mol. The summed E-state index contributed by atoms with van der Waals surface area (Å²) >= 11 is 0. The average Bonchev–Trinajstić information content (AvgIpc) is 2.77. The van der Waals surface area contributed by atoms with Gasteiger partial charge in [0, 0.05) is 24.8 Å². The van der Waals surface area contributed by atoms with E-state index in [0.29, 0.717) is 37.6 Å². The van der Waals surface area contributed by atoms with Crippen LogP contribution in [0.2, 0.25) is 0 Å². The van der Waals surface area contributed by atoms with Crippen molar-refractivity contribution < 1.29 is 33.3 Å². The molecule has 31 heavy (non-hydrogen) atoms. The Labute approximate surface area is 193 Å². The molecule has 0 N–H and O–H groups in total. The number of hydrogen-bond acceptors (Lipinski definition) is 9. The number of rotatable bonds is 14. The molecular weight excluding hydrogens is 451 g/mol. The Balaban J connectivity index is 0.00000450. The second-order valence-corrected chi connectivity index (χ2v) is 5.59. The number of aromatic nitrogens is 2. The van der Waals surface area contributed by atoms with E-state index in [1.807, 2.05) is 0 Å². The Morgan fingerprint density at radius 3 is 1.29 bits per heavy atom. The van der Waals surface area contributed by atoms with E-state index in [0.717, 1.165) is 0 Å². The third kappa shape index (κ3) is 12.9. The van der Waals surface area contributed by atoms with E-state index >= 15 is 0 Å². The molecule has 0 aliphatic rings. The molecule has 0 radical (unpaired) electrons. The standard InChI is InChI=1S/C20H24N2O7.2ClH/c23-19(17-3-1-5-21-15-17)28-13-11-26-9-7-25-8-10-27-12-14-29-20(24)18-4-2-6-22-16-18;;/h1-6,15-16H,7-14H2;2*1H. The van der Waals surface area contributed by atoms with Crippen molar-refractivity contribution in [3.05, 3.63) is 60.2 Å². The fourth-order valence-electron chi connectivity index (χ4n) is 2.06. The Hall–Kier alpha value is -2.30. The molecule has 0 fully saturated rings. The number of carbonyl (C=O) groups excluding carboxylic acids is 2. The first-order chi connectivity index (χ1) is 14.3. The number of hydrogen-bond donors (Lipinski definition) is 0. The number of ether oxygens (including phenoxy) is 5. The molecule has 172 valence electrons. The quantitative estimate of drug-likeness (QED) is 0.300. The predicted octanol–water partition coefficient (Wildman–Crippen LogP) is 2.38. The lowest BCUT2D eigenvalue weighted by molar-refractivity contribution is -0.00676. The summed E-state index contributed by atoms with van der Waals surface area (Å²) < 4.78 is 26.1. The second kappa shape index (κ2) is 18.5. The molecule has 0 atom stereocenters. The highest BCUT2D eigenvalue weighted by atomic mass is 35.5. The van der Waals surface area contributed by atoms with Crippen LogP contribution in [-0.4, -0.2) is 74.8 Å². The monoisotopic (exact) mass is 476 g/mol. The number of nitrogens with zero attached hydrogens (tertiary/aromatic N) is 2. The number of esters is 2. The van der Waals surface area contributed by atoms with E-state index in [2.05, 4.69) is 9.97 Å². The molecule has 0 aromatic carbocycles. The molecule has 0 spiro atoms. The molecule has 0 unspecified atom stereocenters. The first-order valence-electron chi connectivity index (χ1n) is 9.15. The fraction of sp³-hybridized carbons (Fsp3) is 0.400. The van der Waals surface area contributed by atoms with E-state index in [1.54, 1.807) is 36.7 Å². The van der Waals surface area contributed by atoms with E-state index in [4.69, 9.17) is 23.7 Å². The predicted molar refractivity (Wildman–Crippen MR) is 116 cm³/mol. The molecule has 2 aromatic heterocycles. The molecule has 0 aliphatic carbocycles. The Kier molecular flexibility index (Phi) is 17.1. The summed E-state index contributed by atoms with van der Waals surface area (Å²) in [7, 11) is 0. The van der Waals surface area contributed by atoms with Gasteiger partial charge in [-0.15, -0.1) is 24.8 Å². The summed E-state index contributed by atoms with van der Waals surface area (Å²) in [5.74, 6) is -0.859. The lowest BCUT2D eigenvalue weighted by Gasteiger charge is -2.08. The topological polar surface area (TPSA) is 106 Å². The van der Waals surface area contributed by atoms with Gasteiger partial charge in [-0.25, -0.2) is 9.59 Å². The van der Waals surface area contributed by atoms with Crippen molar-refractivity contribution in [3.8, 4) is 0 Å². The molecule has 0 saturated carbocycles. The second-order valence-electron chi connectivity index (χ2n) is 5.59. The third-order valence-corrected chi connectivity index (χ3v) is 3.46. The summed E-state index contributed by atoms with van der Waals surface area (Å²) in [6.07, 6.45) is 6.07. The molecule has 0 amide bonds. The lowest BCUT2D eigenvalue weighted by Crippen LogP contribution is -2.15. The van der Waals surface area contributed by atoms with Crippen molar-refractivity contribution in [2.24, 2.45) is 0 Å². The van der Waals surface area contributed by atoms with Crippen LogP contribution in [0.3, 0.4) is 0 Å². The SMILES string of the molecule is Cl.Cl.O=C(OCCOCCOCCOCCOC(=O)c1cccnc1)c1cccnc1. The van der Waals surface area contributed by atoms with Crippen LogP contribution in [0, 0.1) is 0 Å². The van der Waals surface area contributed by atoms with Crippen LogP contribution in [0.25, 0.3) is 0 Å². The molecule has 11 heteroatoms. The zero-order valence-corrected chi connectivity index (χ0v) is 18.5. The van der Waals surface area contributed by atoms with Crippen LogP contribution in [0.1, 0.15) is 20.7 Å². The van der Waals surface area contributed by atoms with Gasteiger partial charge in [-0.05, 0) is 24.3 Å². The van der Waals surface area contributed by atoms with Gasteiger partial charge in [0.05, 0.1) is 50.8 Å². The summed E-state index contributed by atoms with van der Waals surface area (Å²) in [5, 5.41) is 0. The third-order valence-electron chi connectivity index (χ3n) is 3.46. The minimum atomic E-state index is -0.429. The van der Waals surface area contributed by atoms with Crippen molar-refractivity contribution in [2.75, 3.05) is 52.9 Å². The lowest BCUT2D eigenvalue weighted by atomic mass is 10.3. The smallest absolute Gasteiger partial charge is 0.339 e. The van der Waals surface area contributed by atoms with Gasteiger partial charge in [-0.3, -0.25) is 9.97 Å². The minimum absolute atomic E-state index is 0. The van der Waals surface area contributed by atoms with Crippen molar-refractivity contribution in [1.82, 2.24) is 9.97 Å². The van der Waals surface area contributed by atoms with Gasteiger partial charge in [0.25, 0.3) is 0 Å². The largest absolute Gasteiger partial charge is 0.460 e. The first kappa shape index (κ1) is 28.7. The maximum absolute atomic E-state index is 11.6. The van der Waals surface area contributed by atoms with Gasteiger partial charge in [0.15, 0.2) is 0 Å². The van der Waals surface area contributed by atoms with Crippen molar-refractivity contribution in [3.63, 3.8) is 0 Å². The Bertz CT molecular complexity index is 662. The van der Waals surface area contributed by atoms with E-state index in [9.17, 15) is 9.59 Å². The van der Waals surface area contributed by atoms with Gasteiger partial charge in [0.2, 0.25) is 0 Å². The minimum Gasteiger partial charge on any atom is -0.460 e. The van der Waals surface area contributed by atoms with Crippen molar-refractivity contribution >= 4 is 36.8 Å². The van der Waals surface area contributed by atoms with Gasteiger partial charge in [-0.1, -0.05) is 0 Å². The van der Waals surface area contributed by atoms with Crippen LogP contribution in [0.4, 0.5) is 0 Å². The first-order valence-corrected chi connectivity index (χ1v) is 9.15. The van der Waals surface area contributed by atoms with Gasteiger partial charge in [-0.2, -0.15) is 0 Å².